The molecule has 0 aliphatic carbocycles. The Morgan fingerprint density at radius 2 is 1.76 bits per heavy atom. The van der Waals surface area contributed by atoms with Gasteiger partial charge in [-0.1, -0.05) is 29.8 Å². The first-order valence-corrected chi connectivity index (χ1v) is 13.6. The van der Waals surface area contributed by atoms with Gasteiger partial charge in [0.1, 0.15) is 12.4 Å². The maximum Gasteiger partial charge on any atom is 0.266 e. The van der Waals surface area contributed by atoms with Crippen LogP contribution in [0.3, 0.4) is 0 Å². The van der Waals surface area contributed by atoms with E-state index >= 15 is 0 Å². The Bertz CT molecular complexity index is 1320. The van der Waals surface area contributed by atoms with Crippen molar-refractivity contribution >= 4 is 50.5 Å². The number of thioether (sulfide) groups is 1. The number of rotatable bonds is 9. The van der Waals surface area contributed by atoms with Crippen molar-refractivity contribution in [3.05, 3.63) is 86.7 Å². The second-order valence-electron chi connectivity index (χ2n) is 8.29. The van der Waals surface area contributed by atoms with Crippen LogP contribution in [0.5, 0.6) is 17.2 Å². The fraction of sp³-hybridized carbons (Fsp3) is 0.241. The predicted molar refractivity (Wildman–Crippen MR) is 154 cm³/mol. The Balaban J connectivity index is 1.59. The monoisotopic (exact) mass is 580 g/mol. The van der Waals surface area contributed by atoms with E-state index in [-0.39, 0.29) is 5.91 Å². The van der Waals surface area contributed by atoms with E-state index in [1.807, 2.05) is 56.3 Å². The van der Waals surface area contributed by atoms with Crippen LogP contribution in [-0.2, 0) is 11.4 Å². The van der Waals surface area contributed by atoms with Crippen LogP contribution in [0.2, 0.25) is 0 Å². The van der Waals surface area contributed by atoms with Crippen LogP contribution in [0.1, 0.15) is 30.5 Å². The summed E-state index contributed by atoms with van der Waals surface area (Å²) < 4.78 is 18.0. The molecule has 8 heteroatoms. The minimum absolute atomic E-state index is 0.0754. The highest BCUT2D eigenvalue weighted by atomic mass is 79.9. The van der Waals surface area contributed by atoms with Gasteiger partial charge < -0.3 is 14.2 Å². The van der Waals surface area contributed by atoms with Crippen LogP contribution in [0.15, 0.2) is 75.0 Å². The molecule has 1 amide bonds. The molecule has 0 N–H and O–H groups in total. The molecule has 0 spiro atoms. The normalized spacial score (nSPS) is 15.5. The summed E-state index contributed by atoms with van der Waals surface area (Å²) in [6, 6.07) is 19.5. The van der Waals surface area contributed by atoms with Gasteiger partial charge in [-0.25, -0.2) is 4.99 Å². The summed E-state index contributed by atoms with van der Waals surface area (Å²) in [5.41, 5.74) is 3.86. The van der Waals surface area contributed by atoms with E-state index in [0.29, 0.717) is 41.3 Å². The van der Waals surface area contributed by atoms with Crippen molar-refractivity contribution in [2.75, 3.05) is 20.3 Å². The van der Waals surface area contributed by atoms with Gasteiger partial charge in [-0.05, 0) is 102 Å². The fourth-order valence-corrected chi connectivity index (χ4v) is 5.34. The lowest BCUT2D eigenvalue weighted by Crippen LogP contribution is -2.28. The number of methoxy groups -OCH3 is 1. The molecule has 0 radical (unpaired) electrons. The number of halogens is 1. The van der Waals surface area contributed by atoms with E-state index in [4.69, 9.17) is 19.2 Å². The van der Waals surface area contributed by atoms with E-state index in [1.165, 1.54) is 17.3 Å². The molecule has 3 aromatic rings. The Morgan fingerprint density at radius 1 is 1.03 bits per heavy atom. The summed E-state index contributed by atoms with van der Waals surface area (Å²) >= 11 is 5.00. The predicted octanol–water partition coefficient (Wildman–Crippen LogP) is 7.37. The van der Waals surface area contributed by atoms with Crippen LogP contribution in [0.4, 0.5) is 5.69 Å². The van der Waals surface area contributed by atoms with Crippen LogP contribution in [0.25, 0.3) is 6.08 Å². The highest BCUT2D eigenvalue weighted by molar-refractivity contribution is 9.10. The summed E-state index contributed by atoms with van der Waals surface area (Å²) in [6.07, 6.45) is 1.86. The number of benzene rings is 3. The molecule has 0 bridgehead atoms. The SMILES string of the molecule is CCOc1cc(/C=C2/SC(=Nc3ccc(OC)cc3)N(CC)C2=O)cc(Br)c1OCc1ccc(C)cc1. The number of hydrogen-bond acceptors (Lipinski definition) is 6. The molecular formula is C29H29BrN2O4S. The zero-order valence-corrected chi connectivity index (χ0v) is 23.7. The Kier molecular flexibility index (Phi) is 8.95. The fourth-order valence-electron chi connectivity index (χ4n) is 3.70. The van der Waals surface area contributed by atoms with Crippen molar-refractivity contribution in [1.29, 1.82) is 0 Å². The standard InChI is InChI=1S/C29H29BrN2O4S/c1-5-32-28(33)26(37-29(32)31-22-11-13-23(34-4)14-12-22)17-21-15-24(30)27(25(16-21)35-6-2)36-18-20-9-7-19(3)8-10-20/h7-17H,5-6,18H2,1-4H3/b26-17+,31-29?. The first-order valence-electron chi connectivity index (χ1n) is 12.0. The van der Waals surface area contributed by atoms with Crippen molar-refractivity contribution in [1.82, 2.24) is 4.90 Å². The van der Waals surface area contributed by atoms with Crippen molar-refractivity contribution in [3.63, 3.8) is 0 Å². The van der Waals surface area contributed by atoms with E-state index in [2.05, 4.69) is 47.1 Å². The molecule has 1 heterocycles. The summed E-state index contributed by atoms with van der Waals surface area (Å²) in [5, 5.41) is 0.645. The minimum atomic E-state index is -0.0754. The van der Waals surface area contributed by atoms with Crippen LogP contribution < -0.4 is 14.2 Å². The Morgan fingerprint density at radius 3 is 2.41 bits per heavy atom. The second kappa shape index (κ2) is 12.3. The van der Waals surface area contributed by atoms with Crippen LogP contribution in [0, 0.1) is 6.92 Å². The Hall–Kier alpha value is -3.23. The molecule has 0 saturated carbocycles. The molecule has 1 fully saturated rings. The van der Waals surface area contributed by atoms with Crippen LogP contribution in [-0.4, -0.2) is 36.2 Å². The number of nitrogens with zero attached hydrogens (tertiary/aromatic N) is 2. The lowest BCUT2D eigenvalue weighted by Gasteiger charge is -2.15. The van der Waals surface area contributed by atoms with Gasteiger partial charge in [-0.15, -0.1) is 0 Å². The molecule has 1 aliphatic heterocycles. The van der Waals surface area contributed by atoms with Gasteiger partial charge in [-0.3, -0.25) is 9.69 Å². The largest absolute Gasteiger partial charge is 0.497 e. The third-order valence-electron chi connectivity index (χ3n) is 5.63. The molecule has 3 aromatic carbocycles. The zero-order chi connectivity index (χ0) is 26.4. The number of aliphatic imine (C=N–C) groups is 1. The van der Waals surface area contributed by atoms with E-state index in [1.54, 1.807) is 12.0 Å². The third-order valence-corrected chi connectivity index (χ3v) is 7.23. The van der Waals surface area contributed by atoms with E-state index < -0.39 is 0 Å². The maximum absolute atomic E-state index is 13.2. The Labute approximate surface area is 230 Å². The summed E-state index contributed by atoms with van der Waals surface area (Å²) in [5.74, 6) is 1.93. The van der Waals surface area contributed by atoms with Crippen molar-refractivity contribution < 1.29 is 19.0 Å². The number of hydrogen-bond donors (Lipinski definition) is 0. The highest BCUT2D eigenvalue weighted by Crippen LogP contribution is 2.40. The van der Waals surface area contributed by atoms with Crippen molar-refractivity contribution in [3.8, 4) is 17.2 Å². The quantitative estimate of drug-likeness (QED) is 0.247. The minimum Gasteiger partial charge on any atom is -0.497 e. The number of aryl methyl sites for hydroxylation is 1. The molecule has 37 heavy (non-hydrogen) atoms. The van der Waals surface area contributed by atoms with Gasteiger partial charge in [0, 0.05) is 6.54 Å². The van der Waals surface area contributed by atoms with Gasteiger partial charge >= 0.3 is 0 Å². The number of amides is 1. The second-order valence-corrected chi connectivity index (χ2v) is 10.2. The molecule has 4 rings (SSSR count). The van der Waals surface area contributed by atoms with Crippen LogP contribution >= 0.6 is 27.7 Å². The van der Waals surface area contributed by atoms with E-state index in [0.717, 1.165) is 27.0 Å². The average Bonchev–Trinajstić information content (AvgIpc) is 3.18. The molecule has 0 aromatic heterocycles. The summed E-state index contributed by atoms with van der Waals surface area (Å²) in [4.78, 5) is 20.1. The van der Waals surface area contributed by atoms with E-state index in [9.17, 15) is 4.79 Å². The number of amidine groups is 1. The molecule has 1 saturated heterocycles. The van der Waals surface area contributed by atoms with Gasteiger partial charge in [0.25, 0.3) is 5.91 Å². The van der Waals surface area contributed by atoms with Gasteiger partial charge in [0.05, 0.1) is 28.8 Å². The smallest absolute Gasteiger partial charge is 0.266 e. The molecule has 1 aliphatic rings. The maximum atomic E-state index is 13.2. The topological polar surface area (TPSA) is 60.4 Å². The number of carbonyl (C=O) groups excluding carboxylic acids is 1. The molecule has 192 valence electrons. The van der Waals surface area contributed by atoms with Gasteiger partial charge in [0.15, 0.2) is 16.7 Å². The van der Waals surface area contributed by atoms with Gasteiger partial charge in [-0.2, -0.15) is 0 Å². The van der Waals surface area contributed by atoms with Crippen molar-refractivity contribution in [2.45, 2.75) is 27.4 Å². The van der Waals surface area contributed by atoms with Crippen molar-refractivity contribution in [2.24, 2.45) is 4.99 Å². The summed E-state index contributed by atoms with van der Waals surface area (Å²) in [6.45, 7) is 7.36. The first kappa shape index (κ1) is 26.8. The first-order chi connectivity index (χ1) is 17.9. The summed E-state index contributed by atoms with van der Waals surface area (Å²) in [7, 11) is 1.63. The lowest BCUT2D eigenvalue weighted by molar-refractivity contribution is -0.122. The average molecular weight is 582 g/mol. The molecule has 0 unspecified atom stereocenters. The number of carbonyl (C=O) groups is 1. The molecule has 0 atom stereocenters. The number of ether oxygens (including phenoxy) is 3. The third kappa shape index (κ3) is 6.56. The molecular weight excluding hydrogens is 552 g/mol. The zero-order valence-electron chi connectivity index (χ0n) is 21.3. The lowest BCUT2D eigenvalue weighted by atomic mass is 10.1. The molecule has 6 nitrogen and oxygen atoms in total. The van der Waals surface area contributed by atoms with Gasteiger partial charge in [0.2, 0.25) is 0 Å². The highest BCUT2D eigenvalue weighted by Gasteiger charge is 2.32. The number of likely N-dealkylation sites (N-methyl/N-ethyl adjacent to an activating group) is 1.